The van der Waals surface area contributed by atoms with Gasteiger partial charge in [0.25, 0.3) is 0 Å². The van der Waals surface area contributed by atoms with Crippen LogP contribution in [0.1, 0.15) is 18.9 Å². The Kier molecular flexibility index (Phi) is 4.82. The highest BCUT2D eigenvalue weighted by Gasteiger charge is 2.06. The maximum absolute atomic E-state index is 13.7. The first-order valence-electron chi connectivity index (χ1n) is 6.59. The van der Waals surface area contributed by atoms with Crippen molar-refractivity contribution in [2.75, 3.05) is 12.3 Å². The van der Waals surface area contributed by atoms with Crippen molar-refractivity contribution in [2.45, 2.75) is 20.0 Å². The zero-order valence-corrected chi connectivity index (χ0v) is 11.4. The molecule has 0 fully saturated rings. The Morgan fingerprint density at radius 2 is 1.65 bits per heavy atom. The minimum Gasteiger partial charge on any atom is -0.494 e. The van der Waals surface area contributed by atoms with Crippen LogP contribution in [0.25, 0.3) is 0 Å². The number of hydrogen-bond acceptors (Lipinski definition) is 3. The number of benzene rings is 2. The van der Waals surface area contributed by atoms with E-state index >= 15 is 0 Å². The van der Waals surface area contributed by atoms with Gasteiger partial charge in [0.1, 0.15) is 18.1 Å². The SMILES string of the molecule is CCCOc1ccc(OCc2cccc(N)c2F)cc1. The van der Waals surface area contributed by atoms with E-state index in [0.717, 1.165) is 12.2 Å². The van der Waals surface area contributed by atoms with E-state index < -0.39 is 5.82 Å². The lowest BCUT2D eigenvalue weighted by molar-refractivity contribution is 0.296. The summed E-state index contributed by atoms with van der Waals surface area (Å²) in [6.07, 6.45) is 0.965. The quantitative estimate of drug-likeness (QED) is 0.816. The van der Waals surface area contributed by atoms with E-state index in [-0.39, 0.29) is 12.3 Å². The molecule has 0 saturated carbocycles. The molecule has 0 aromatic heterocycles. The molecule has 0 bridgehead atoms. The van der Waals surface area contributed by atoms with Gasteiger partial charge in [-0.05, 0) is 36.8 Å². The van der Waals surface area contributed by atoms with E-state index in [1.54, 1.807) is 24.3 Å². The molecule has 4 heteroatoms. The molecule has 0 aliphatic carbocycles. The summed E-state index contributed by atoms with van der Waals surface area (Å²) in [4.78, 5) is 0. The van der Waals surface area contributed by atoms with E-state index in [1.807, 2.05) is 12.1 Å². The summed E-state index contributed by atoms with van der Waals surface area (Å²) in [6, 6.07) is 12.2. The highest BCUT2D eigenvalue weighted by molar-refractivity contribution is 5.42. The van der Waals surface area contributed by atoms with Crippen LogP contribution in [0.15, 0.2) is 42.5 Å². The van der Waals surface area contributed by atoms with E-state index in [4.69, 9.17) is 15.2 Å². The predicted molar refractivity (Wildman–Crippen MR) is 77.4 cm³/mol. The van der Waals surface area contributed by atoms with E-state index in [2.05, 4.69) is 6.92 Å². The molecule has 3 nitrogen and oxygen atoms in total. The minimum atomic E-state index is -0.421. The first-order valence-corrected chi connectivity index (χ1v) is 6.59. The van der Waals surface area contributed by atoms with Crippen LogP contribution in [0.2, 0.25) is 0 Å². The summed E-state index contributed by atoms with van der Waals surface area (Å²) in [6.45, 7) is 2.89. The second-order valence-corrected chi connectivity index (χ2v) is 4.43. The molecule has 2 aromatic rings. The zero-order valence-electron chi connectivity index (χ0n) is 11.4. The first-order chi connectivity index (χ1) is 9.70. The Hall–Kier alpha value is -2.23. The molecule has 0 atom stereocenters. The van der Waals surface area contributed by atoms with Crippen molar-refractivity contribution < 1.29 is 13.9 Å². The van der Waals surface area contributed by atoms with Crippen LogP contribution in [0.4, 0.5) is 10.1 Å². The van der Waals surface area contributed by atoms with Crippen molar-refractivity contribution >= 4 is 5.69 Å². The first kappa shape index (κ1) is 14.2. The van der Waals surface area contributed by atoms with Gasteiger partial charge in [0.05, 0.1) is 12.3 Å². The Morgan fingerprint density at radius 1 is 1.00 bits per heavy atom. The molecule has 0 unspecified atom stereocenters. The Labute approximate surface area is 118 Å². The normalized spacial score (nSPS) is 10.3. The monoisotopic (exact) mass is 275 g/mol. The van der Waals surface area contributed by atoms with Crippen LogP contribution < -0.4 is 15.2 Å². The molecule has 0 spiro atoms. The number of halogens is 1. The van der Waals surface area contributed by atoms with Gasteiger partial charge in [-0.2, -0.15) is 0 Å². The fraction of sp³-hybridized carbons (Fsp3) is 0.250. The summed E-state index contributed by atoms with van der Waals surface area (Å²) in [7, 11) is 0. The summed E-state index contributed by atoms with van der Waals surface area (Å²) in [5, 5.41) is 0. The minimum absolute atomic E-state index is 0.134. The number of hydrogen-bond donors (Lipinski definition) is 1. The summed E-state index contributed by atoms with van der Waals surface area (Å²) in [5.74, 6) is 1.04. The third kappa shape index (κ3) is 3.63. The third-order valence-electron chi connectivity index (χ3n) is 2.80. The smallest absolute Gasteiger partial charge is 0.152 e. The molecule has 0 aliphatic rings. The van der Waals surface area contributed by atoms with Crippen LogP contribution in [0, 0.1) is 5.82 Å². The van der Waals surface area contributed by atoms with Gasteiger partial charge in [0, 0.05) is 5.56 Å². The highest BCUT2D eigenvalue weighted by Crippen LogP contribution is 2.20. The molecule has 0 heterocycles. The van der Waals surface area contributed by atoms with Gasteiger partial charge in [-0.15, -0.1) is 0 Å². The molecule has 20 heavy (non-hydrogen) atoms. The van der Waals surface area contributed by atoms with Gasteiger partial charge in [0.2, 0.25) is 0 Å². The lowest BCUT2D eigenvalue weighted by atomic mass is 10.2. The zero-order chi connectivity index (χ0) is 14.4. The highest BCUT2D eigenvalue weighted by atomic mass is 19.1. The molecular formula is C16H18FNO2. The molecule has 106 valence electrons. The maximum atomic E-state index is 13.7. The average molecular weight is 275 g/mol. The second kappa shape index (κ2) is 6.80. The molecule has 0 amide bonds. The summed E-state index contributed by atoms with van der Waals surface area (Å²) < 4.78 is 24.7. The van der Waals surface area contributed by atoms with Crippen molar-refractivity contribution in [3.05, 3.63) is 53.8 Å². The molecule has 2 aromatic carbocycles. The van der Waals surface area contributed by atoms with E-state index in [0.29, 0.717) is 17.9 Å². The standard InChI is InChI=1S/C16H18FNO2/c1-2-10-19-13-6-8-14(9-7-13)20-11-12-4-3-5-15(18)16(12)17/h3-9H,2,10-11,18H2,1H3. The van der Waals surface area contributed by atoms with Crippen LogP contribution in [-0.4, -0.2) is 6.61 Å². The van der Waals surface area contributed by atoms with Gasteiger partial charge in [-0.3, -0.25) is 0 Å². The number of rotatable bonds is 6. The van der Waals surface area contributed by atoms with Gasteiger partial charge < -0.3 is 15.2 Å². The average Bonchev–Trinajstić information content (AvgIpc) is 2.48. The number of anilines is 1. The van der Waals surface area contributed by atoms with Crippen molar-refractivity contribution in [3.8, 4) is 11.5 Å². The molecular weight excluding hydrogens is 257 g/mol. The maximum Gasteiger partial charge on any atom is 0.152 e. The Balaban J connectivity index is 1.95. The fourth-order valence-corrected chi connectivity index (χ4v) is 1.72. The second-order valence-electron chi connectivity index (χ2n) is 4.43. The number of ether oxygens (including phenoxy) is 2. The Bertz CT molecular complexity index is 555. The molecule has 0 saturated heterocycles. The molecule has 2 N–H and O–H groups in total. The van der Waals surface area contributed by atoms with Crippen molar-refractivity contribution in [2.24, 2.45) is 0 Å². The van der Waals surface area contributed by atoms with Crippen molar-refractivity contribution in [1.29, 1.82) is 0 Å². The van der Waals surface area contributed by atoms with Crippen LogP contribution in [-0.2, 0) is 6.61 Å². The fourth-order valence-electron chi connectivity index (χ4n) is 1.72. The molecule has 2 rings (SSSR count). The Morgan fingerprint density at radius 3 is 2.30 bits per heavy atom. The van der Waals surface area contributed by atoms with E-state index in [1.165, 1.54) is 6.07 Å². The summed E-state index contributed by atoms with van der Waals surface area (Å²) in [5.41, 5.74) is 6.08. The molecule has 0 radical (unpaired) electrons. The third-order valence-corrected chi connectivity index (χ3v) is 2.80. The van der Waals surface area contributed by atoms with Crippen molar-refractivity contribution in [3.63, 3.8) is 0 Å². The lowest BCUT2D eigenvalue weighted by Crippen LogP contribution is -2.01. The topological polar surface area (TPSA) is 44.5 Å². The van der Waals surface area contributed by atoms with Crippen molar-refractivity contribution in [1.82, 2.24) is 0 Å². The van der Waals surface area contributed by atoms with Gasteiger partial charge >= 0.3 is 0 Å². The van der Waals surface area contributed by atoms with Crippen LogP contribution >= 0.6 is 0 Å². The predicted octanol–water partition coefficient (Wildman–Crippen LogP) is 3.78. The van der Waals surface area contributed by atoms with Gasteiger partial charge in [-0.25, -0.2) is 4.39 Å². The number of nitrogen functional groups attached to an aromatic ring is 1. The van der Waals surface area contributed by atoms with Crippen LogP contribution in [0.5, 0.6) is 11.5 Å². The van der Waals surface area contributed by atoms with Gasteiger partial charge in [-0.1, -0.05) is 19.1 Å². The summed E-state index contributed by atoms with van der Waals surface area (Å²) >= 11 is 0. The largest absolute Gasteiger partial charge is 0.494 e. The lowest BCUT2D eigenvalue weighted by Gasteiger charge is -2.09. The van der Waals surface area contributed by atoms with Gasteiger partial charge in [0.15, 0.2) is 5.82 Å². The van der Waals surface area contributed by atoms with E-state index in [9.17, 15) is 4.39 Å². The molecule has 0 aliphatic heterocycles. The number of nitrogens with two attached hydrogens (primary N) is 1. The van der Waals surface area contributed by atoms with Crippen LogP contribution in [0.3, 0.4) is 0 Å².